The Hall–Kier alpha value is -1.13. The molecule has 0 saturated heterocycles. The molecule has 0 amide bonds. The minimum Gasteiger partial charge on any atom is -0.478 e. The normalized spacial score (nSPS) is 12.5. The molecule has 1 heterocycles. The van der Waals surface area contributed by atoms with Crippen molar-refractivity contribution < 1.29 is 9.84 Å². The van der Waals surface area contributed by atoms with Gasteiger partial charge in [-0.25, -0.2) is 4.98 Å². The minimum atomic E-state index is -0.421. The predicted octanol–water partition coefficient (Wildman–Crippen LogP) is 0.472. The maximum Gasteiger partial charge on any atom is 0.218 e. The molecule has 1 unspecified atom stereocenters. The van der Waals surface area contributed by atoms with Crippen molar-refractivity contribution in [1.29, 1.82) is 0 Å². The number of aromatic nitrogens is 1. The number of ether oxygens (including phenoxy) is 1. The maximum absolute atomic E-state index is 8.87. The third kappa shape index (κ3) is 2.40. The van der Waals surface area contributed by atoms with Crippen LogP contribution in [0.4, 0.5) is 0 Å². The molecule has 4 nitrogen and oxygen atoms in total. The van der Waals surface area contributed by atoms with Crippen LogP contribution in [0.25, 0.3) is 0 Å². The second kappa shape index (κ2) is 4.79. The van der Waals surface area contributed by atoms with Crippen LogP contribution in [0.15, 0.2) is 18.3 Å². The van der Waals surface area contributed by atoms with Crippen LogP contribution in [0.2, 0.25) is 0 Å². The van der Waals surface area contributed by atoms with Crippen molar-refractivity contribution in [3.05, 3.63) is 23.9 Å². The van der Waals surface area contributed by atoms with Gasteiger partial charge in [0.15, 0.2) is 0 Å². The van der Waals surface area contributed by atoms with Crippen molar-refractivity contribution in [2.45, 2.75) is 13.0 Å². The van der Waals surface area contributed by atoms with Crippen LogP contribution < -0.4 is 10.5 Å². The zero-order valence-electron chi connectivity index (χ0n) is 7.60. The first kappa shape index (κ1) is 9.95. The summed E-state index contributed by atoms with van der Waals surface area (Å²) in [6, 6.07) is 3.15. The molecule has 13 heavy (non-hydrogen) atoms. The molecule has 0 aliphatic heterocycles. The number of hydrogen-bond acceptors (Lipinski definition) is 4. The van der Waals surface area contributed by atoms with E-state index in [0.29, 0.717) is 12.5 Å². The number of nitrogens with zero attached hydrogens (tertiary/aromatic N) is 1. The number of aliphatic hydroxyl groups is 1. The molecule has 72 valence electrons. The van der Waals surface area contributed by atoms with Gasteiger partial charge in [0.1, 0.15) is 0 Å². The average Bonchev–Trinajstić information content (AvgIpc) is 2.18. The molecular weight excluding hydrogens is 168 g/mol. The summed E-state index contributed by atoms with van der Waals surface area (Å²) in [7, 11) is 0. The van der Waals surface area contributed by atoms with Crippen molar-refractivity contribution in [3.8, 4) is 5.88 Å². The van der Waals surface area contributed by atoms with E-state index in [0.717, 1.165) is 5.56 Å². The van der Waals surface area contributed by atoms with Gasteiger partial charge < -0.3 is 15.6 Å². The van der Waals surface area contributed by atoms with Crippen molar-refractivity contribution >= 4 is 0 Å². The third-order valence-electron chi connectivity index (χ3n) is 1.68. The van der Waals surface area contributed by atoms with E-state index >= 15 is 0 Å². The zero-order valence-corrected chi connectivity index (χ0v) is 7.60. The molecule has 0 saturated carbocycles. The van der Waals surface area contributed by atoms with Gasteiger partial charge in [0.2, 0.25) is 5.88 Å². The van der Waals surface area contributed by atoms with Gasteiger partial charge in [-0.15, -0.1) is 0 Å². The van der Waals surface area contributed by atoms with Gasteiger partial charge in [0.25, 0.3) is 0 Å². The molecule has 0 aliphatic carbocycles. The lowest BCUT2D eigenvalue weighted by Crippen LogP contribution is -2.16. The van der Waals surface area contributed by atoms with E-state index in [9.17, 15) is 0 Å². The molecule has 1 aromatic heterocycles. The number of rotatable bonds is 4. The van der Waals surface area contributed by atoms with E-state index in [2.05, 4.69) is 4.98 Å². The van der Waals surface area contributed by atoms with Crippen LogP contribution in [0.5, 0.6) is 5.88 Å². The van der Waals surface area contributed by atoms with Gasteiger partial charge >= 0.3 is 0 Å². The molecule has 3 N–H and O–H groups in total. The summed E-state index contributed by atoms with van der Waals surface area (Å²) in [4.78, 5) is 4.02. The molecule has 1 rings (SSSR count). The van der Waals surface area contributed by atoms with Crippen molar-refractivity contribution in [2.24, 2.45) is 5.73 Å². The molecule has 4 heteroatoms. The topological polar surface area (TPSA) is 68.4 Å². The Bertz CT molecular complexity index is 266. The van der Waals surface area contributed by atoms with Gasteiger partial charge in [0.05, 0.1) is 19.3 Å². The summed E-state index contributed by atoms with van der Waals surface area (Å²) >= 11 is 0. The lowest BCUT2D eigenvalue weighted by Gasteiger charge is -2.12. The van der Waals surface area contributed by atoms with Crippen LogP contribution >= 0.6 is 0 Å². The molecule has 0 fully saturated rings. The van der Waals surface area contributed by atoms with Crippen LogP contribution in [-0.4, -0.2) is 23.3 Å². The number of pyridine rings is 1. The average molecular weight is 182 g/mol. The fourth-order valence-corrected chi connectivity index (χ4v) is 1.04. The summed E-state index contributed by atoms with van der Waals surface area (Å²) < 4.78 is 5.26. The first-order valence-corrected chi connectivity index (χ1v) is 4.23. The van der Waals surface area contributed by atoms with Crippen molar-refractivity contribution in [3.63, 3.8) is 0 Å². The second-order valence-corrected chi connectivity index (χ2v) is 2.62. The lowest BCUT2D eigenvalue weighted by atomic mass is 10.1. The predicted molar refractivity (Wildman–Crippen MR) is 49.4 cm³/mol. The quantitative estimate of drug-likeness (QED) is 0.710. The molecule has 0 aromatic carbocycles. The zero-order chi connectivity index (χ0) is 9.68. The number of hydrogen-bond donors (Lipinski definition) is 2. The first-order chi connectivity index (χ1) is 6.29. The Morgan fingerprint density at radius 1 is 1.69 bits per heavy atom. The van der Waals surface area contributed by atoms with Gasteiger partial charge in [-0.3, -0.25) is 0 Å². The highest BCUT2D eigenvalue weighted by molar-refractivity contribution is 5.28. The largest absolute Gasteiger partial charge is 0.478 e. The summed E-state index contributed by atoms with van der Waals surface area (Å²) in [5.41, 5.74) is 6.40. The highest BCUT2D eigenvalue weighted by atomic mass is 16.5. The van der Waals surface area contributed by atoms with Gasteiger partial charge in [0, 0.05) is 11.8 Å². The standard InChI is InChI=1S/C9H14N2O2/c1-2-13-9-7(8(10)6-12)4-3-5-11-9/h3-5,8,12H,2,6,10H2,1H3. The molecular formula is C9H14N2O2. The van der Waals surface area contributed by atoms with Crippen LogP contribution in [0, 0.1) is 0 Å². The Labute approximate surface area is 77.4 Å². The Morgan fingerprint density at radius 3 is 3.08 bits per heavy atom. The SMILES string of the molecule is CCOc1ncccc1C(N)CO. The highest BCUT2D eigenvalue weighted by Gasteiger charge is 2.10. The van der Waals surface area contributed by atoms with E-state index in [4.69, 9.17) is 15.6 Å². The fourth-order valence-electron chi connectivity index (χ4n) is 1.04. The van der Waals surface area contributed by atoms with E-state index in [1.807, 2.05) is 6.92 Å². The molecule has 0 radical (unpaired) electrons. The highest BCUT2D eigenvalue weighted by Crippen LogP contribution is 2.19. The number of nitrogens with two attached hydrogens (primary N) is 1. The molecule has 0 aliphatic rings. The smallest absolute Gasteiger partial charge is 0.218 e. The van der Waals surface area contributed by atoms with E-state index < -0.39 is 6.04 Å². The molecule has 0 bridgehead atoms. The van der Waals surface area contributed by atoms with Gasteiger partial charge in [-0.1, -0.05) is 6.07 Å². The van der Waals surface area contributed by atoms with Crippen molar-refractivity contribution in [1.82, 2.24) is 4.98 Å². The monoisotopic (exact) mass is 182 g/mol. The van der Waals surface area contributed by atoms with Crippen LogP contribution in [0.1, 0.15) is 18.5 Å². The van der Waals surface area contributed by atoms with Crippen LogP contribution in [0.3, 0.4) is 0 Å². The van der Waals surface area contributed by atoms with E-state index in [-0.39, 0.29) is 6.61 Å². The van der Waals surface area contributed by atoms with Gasteiger partial charge in [-0.2, -0.15) is 0 Å². The lowest BCUT2D eigenvalue weighted by molar-refractivity contribution is 0.259. The molecule has 1 aromatic rings. The number of aliphatic hydroxyl groups excluding tert-OH is 1. The minimum absolute atomic E-state index is 0.105. The van der Waals surface area contributed by atoms with Crippen molar-refractivity contribution in [2.75, 3.05) is 13.2 Å². The van der Waals surface area contributed by atoms with E-state index in [1.165, 1.54) is 0 Å². The Balaban J connectivity index is 2.90. The summed E-state index contributed by atoms with van der Waals surface area (Å²) in [6.07, 6.45) is 1.64. The third-order valence-corrected chi connectivity index (χ3v) is 1.68. The first-order valence-electron chi connectivity index (χ1n) is 4.23. The Morgan fingerprint density at radius 2 is 2.46 bits per heavy atom. The summed E-state index contributed by atoms with van der Waals surface area (Å²) in [6.45, 7) is 2.32. The second-order valence-electron chi connectivity index (χ2n) is 2.62. The van der Waals surface area contributed by atoms with Crippen LogP contribution in [-0.2, 0) is 0 Å². The van der Waals surface area contributed by atoms with E-state index in [1.54, 1.807) is 18.3 Å². The maximum atomic E-state index is 8.87. The molecule has 0 spiro atoms. The Kier molecular flexibility index (Phi) is 3.67. The molecule has 1 atom stereocenters. The fraction of sp³-hybridized carbons (Fsp3) is 0.444. The summed E-state index contributed by atoms with van der Waals surface area (Å²) in [5.74, 6) is 0.506. The van der Waals surface area contributed by atoms with Gasteiger partial charge in [-0.05, 0) is 13.0 Å². The summed E-state index contributed by atoms with van der Waals surface area (Å²) in [5, 5.41) is 8.87.